The zero-order valence-corrected chi connectivity index (χ0v) is 19.2. The third-order valence-electron chi connectivity index (χ3n) is 5.05. The first kappa shape index (κ1) is 25.2. The maximum atomic E-state index is 12.3. The van der Waals surface area contributed by atoms with Crippen molar-refractivity contribution in [2.24, 2.45) is 0 Å². The highest BCUT2D eigenvalue weighted by atomic mass is 32.1. The zero-order valence-electron chi connectivity index (χ0n) is 18.4. The Morgan fingerprint density at radius 1 is 1.00 bits per heavy atom. The van der Waals surface area contributed by atoms with E-state index in [0.29, 0.717) is 19.8 Å². The Balaban J connectivity index is 0.000000501. The van der Waals surface area contributed by atoms with Gasteiger partial charge in [0.15, 0.2) is 0 Å². The molecule has 0 aromatic carbocycles. The Morgan fingerprint density at radius 3 is 2.03 bits per heavy atom. The topological polar surface area (TPSA) is 124 Å². The average Bonchev–Trinajstić information content (AvgIpc) is 3.19. The Kier molecular flexibility index (Phi) is 9.35. The molecule has 10 nitrogen and oxygen atoms in total. The van der Waals surface area contributed by atoms with Crippen LogP contribution in [0.4, 0.5) is 0 Å². The molecular formula is C20H32N4O6S. The van der Waals surface area contributed by atoms with E-state index >= 15 is 0 Å². The third-order valence-corrected chi connectivity index (χ3v) is 5.88. The van der Waals surface area contributed by atoms with Gasteiger partial charge in [0.2, 0.25) is 5.91 Å². The van der Waals surface area contributed by atoms with Crippen molar-refractivity contribution in [1.29, 1.82) is 0 Å². The van der Waals surface area contributed by atoms with Crippen LogP contribution in [0.2, 0.25) is 0 Å². The summed E-state index contributed by atoms with van der Waals surface area (Å²) in [7, 11) is 0. The first-order valence-corrected chi connectivity index (χ1v) is 11.2. The van der Waals surface area contributed by atoms with Crippen LogP contribution >= 0.6 is 11.3 Å². The number of morpholine rings is 1. The summed E-state index contributed by atoms with van der Waals surface area (Å²) in [5.41, 5.74) is 1.30. The molecule has 1 aromatic heterocycles. The number of piperazine rings is 1. The minimum absolute atomic E-state index is 0.118. The van der Waals surface area contributed by atoms with E-state index in [0.717, 1.165) is 45.8 Å². The lowest BCUT2D eigenvalue weighted by molar-refractivity contribution is -0.159. The fraction of sp³-hybridized carbons (Fsp3) is 0.700. The molecule has 0 bridgehead atoms. The molecule has 2 aliphatic heterocycles. The molecule has 0 atom stereocenters. The molecule has 11 heteroatoms. The van der Waals surface area contributed by atoms with Crippen molar-refractivity contribution in [3.05, 3.63) is 16.1 Å². The van der Waals surface area contributed by atoms with Crippen molar-refractivity contribution in [3.63, 3.8) is 0 Å². The molecule has 1 amide bonds. The maximum absolute atomic E-state index is 12.3. The molecule has 0 aliphatic carbocycles. The van der Waals surface area contributed by atoms with Crippen molar-refractivity contribution in [1.82, 2.24) is 19.7 Å². The van der Waals surface area contributed by atoms with Crippen LogP contribution in [-0.2, 0) is 31.1 Å². The molecule has 0 unspecified atom stereocenters. The van der Waals surface area contributed by atoms with E-state index in [1.165, 1.54) is 10.7 Å². The summed E-state index contributed by atoms with van der Waals surface area (Å²) in [6.07, 6.45) is 0. The number of amides is 1. The predicted octanol–water partition coefficient (Wildman–Crippen LogP) is 0.573. The Morgan fingerprint density at radius 2 is 1.55 bits per heavy atom. The molecule has 3 heterocycles. The van der Waals surface area contributed by atoms with Gasteiger partial charge in [-0.15, -0.1) is 11.3 Å². The number of nitrogens with zero attached hydrogens (tertiary/aromatic N) is 4. The van der Waals surface area contributed by atoms with E-state index in [2.05, 4.69) is 36.0 Å². The second-order valence-corrected chi connectivity index (χ2v) is 9.47. The highest BCUT2D eigenvalue weighted by Gasteiger charge is 2.24. The van der Waals surface area contributed by atoms with Gasteiger partial charge >= 0.3 is 11.9 Å². The molecule has 174 valence electrons. The monoisotopic (exact) mass is 456 g/mol. The van der Waals surface area contributed by atoms with Gasteiger partial charge in [0.25, 0.3) is 0 Å². The lowest BCUT2D eigenvalue weighted by atomic mass is 9.93. The van der Waals surface area contributed by atoms with E-state index in [1.54, 1.807) is 11.3 Å². The first-order chi connectivity index (χ1) is 14.6. The Labute approximate surface area is 186 Å². The van der Waals surface area contributed by atoms with Gasteiger partial charge in [-0.05, 0) is 0 Å². The van der Waals surface area contributed by atoms with Crippen molar-refractivity contribution in [2.45, 2.75) is 32.7 Å². The number of thiazole rings is 1. The van der Waals surface area contributed by atoms with Gasteiger partial charge < -0.3 is 19.8 Å². The summed E-state index contributed by atoms with van der Waals surface area (Å²) in [5.74, 6) is -3.41. The molecule has 2 aliphatic rings. The first-order valence-electron chi connectivity index (χ1n) is 10.3. The third kappa shape index (κ3) is 8.52. The smallest absolute Gasteiger partial charge is 0.414 e. The van der Waals surface area contributed by atoms with Crippen LogP contribution in [0.3, 0.4) is 0 Å². The zero-order chi connectivity index (χ0) is 23.0. The van der Waals surface area contributed by atoms with Crippen LogP contribution in [-0.4, -0.2) is 107 Å². The van der Waals surface area contributed by atoms with Gasteiger partial charge in [0.05, 0.1) is 32.0 Å². The van der Waals surface area contributed by atoms with Crippen LogP contribution in [0.1, 0.15) is 31.5 Å². The van der Waals surface area contributed by atoms with Crippen LogP contribution in [0.5, 0.6) is 0 Å². The molecule has 0 spiro atoms. The molecule has 1 aromatic rings. The van der Waals surface area contributed by atoms with Gasteiger partial charge in [-0.3, -0.25) is 14.6 Å². The minimum atomic E-state index is -1.82. The average molecular weight is 457 g/mol. The second kappa shape index (κ2) is 11.5. The van der Waals surface area contributed by atoms with Crippen LogP contribution < -0.4 is 0 Å². The molecule has 2 fully saturated rings. The van der Waals surface area contributed by atoms with Crippen molar-refractivity contribution in [2.75, 3.05) is 59.0 Å². The van der Waals surface area contributed by atoms with Gasteiger partial charge in [0, 0.05) is 50.1 Å². The Bertz CT molecular complexity index is 737. The van der Waals surface area contributed by atoms with E-state index in [-0.39, 0.29) is 11.3 Å². The molecule has 2 N–H and O–H groups in total. The summed E-state index contributed by atoms with van der Waals surface area (Å²) < 4.78 is 5.31. The maximum Gasteiger partial charge on any atom is 0.414 e. The number of hydrogen-bond acceptors (Lipinski definition) is 8. The minimum Gasteiger partial charge on any atom is -0.473 e. The van der Waals surface area contributed by atoms with Crippen LogP contribution in [0.25, 0.3) is 0 Å². The number of carboxylic acids is 2. The molecular weight excluding hydrogens is 424 g/mol. The van der Waals surface area contributed by atoms with Crippen LogP contribution in [0, 0.1) is 0 Å². The summed E-state index contributed by atoms with van der Waals surface area (Å²) in [6.45, 7) is 14.8. The summed E-state index contributed by atoms with van der Waals surface area (Å²) in [6, 6.07) is 0. The predicted molar refractivity (Wildman–Crippen MR) is 115 cm³/mol. The fourth-order valence-electron chi connectivity index (χ4n) is 3.13. The highest BCUT2D eigenvalue weighted by Crippen LogP contribution is 2.24. The van der Waals surface area contributed by atoms with E-state index < -0.39 is 11.9 Å². The summed E-state index contributed by atoms with van der Waals surface area (Å²) in [5, 5.41) is 18.2. The molecule has 0 radical (unpaired) electrons. The largest absolute Gasteiger partial charge is 0.473 e. The molecule has 2 saturated heterocycles. The fourth-order valence-corrected chi connectivity index (χ4v) is 4.19. The lowest BCUT2D eigenvalue weighted by Crippen LogP contribution is -2.51. The van der Waals surface area contributed by atoms with Gasteiger partial charge in [-0.1, -0.05) is 20.8 Å². The van der Waals surface area contributed by atoms with Gasteiger partial charge in [-0.25, -0.2) is 14.6 Å². The Hall–Kier alpha value is -2.08. The van der Waals surface area contributed by atoms with Gasteiger partial charge in [0.1, 0.15) is 5.01 Å². The molecule has 0 saturated carbocycles. The van der Waals surface area contributed by atoms with Crippen molar-refractivity contribution >= 4 is 29.2 Å². The quantitative estimate of drug-likeness (QED) is 0.626. The number of aromatic nitrogens is 1. The van der Waals surface area contributed by atoms with E-state index in [1.807, 2.05) is 4.90 Å². The number of aliphatic carboxylic acids is 2. The number of carboxylic acid groups (broad SMARTS) is 2. The SMILES string of the molecule is CC(C)(C)c1csc(CN2CCN(CC(=O)N3CCOCC3)CC2)n1.O=C(O)C(=O)O. The summed E-state index contributed by atoms with van der Waals surface area (Å²) in [4.78, 5) is 42.0. The number of hydrogen-bond donors (Lipinski definition) is 2. The van der Waals surface area contributed by atoms with E-state index in [9.17, 15) is 4.79 Å². The van der Waals surface area contributed by atoms with Crippen LogP contribution in [0.15, 0.2) is 5.38 Å². The summed E-state index contributed by atoms with van der Waals surface area (Å²) >= 11 is 1.76. The second-order valence-electron chi connectivity index (χ2n) is 8.53. The molecule has 3 rings (SSSR count). The van der Waals surface area contributed by atoms with Gasteiger partial charge in [-0.2, -0.15) is 0 Å². The lowest BCUT2D eigenvalue weighted by Gasteiger charge is -2.35. The standard InChI is InChI=1S/C18H30N4O2S.C2H2O4/c1-18(2,3)15-14-25-16(19-15)12-20-4-6-21(7-5-20)13-17(23)22-8-10-24-11-9-22;3-1(4)2(5)6/h14H,4-13H2,1-3H3;(H,3,4)(H,5,6). The number of carbonyl (C=O) groups excluding carboxylic acids is 1. The number of ether oxygens (including phenoxy) is 1. The van der Waals surface area contributed by atoms with E-state index in [4.69, 9.17) is 29.5 Å². The highest BCUT2D eigenvalue weighted by molar-refractivity contribution is 7.09. The normalized spacial score (nSPS) is 18.2. The van der Waals surface area contributed by atoms with Crippen molar-refractivity contribution < 1.29 is 29.3 Å². The van der Waals surface area contributed by atoms with Crippen molar-refractivity contribution in [3.8, 4) is 0 Å². The molecule has 31 heavy (non-hydrogen) atoms. The number of rotatable bonds is 4. The number of carbonyl (C=O) groups is 3.